The average Bonchev–Trinajstić information content (AvgIpc) is 2.66. The first kappa shape index (κ1) is 26.5. The van der Waals surface area contributed by atoms with Crippen molar-refractivity contribution in [2.45, 2.75) is 79.1 Å². The lowest BCUT2D eigenvalue weighted by molar-refractivity contribution is 0.267. The smallest absolute Gasteiger partial charge is 0.265 e. The molecule has 0 radical (unpaired) electrons. The predicted molar refractivity (Wildman–Crippen MR) is 137 cm³/mol. The van der Waals surface area contributed by atoms with E-state index in [0.717, 1.165) is 34.7 Å². The lowest BCUT2D eigenvalue weighted by atomic mass is 10.1. The lowest BCUT2D eigenvalue weighted by Gasteiger charge is -2.37. The highest BCUT2D eigenvalue weighted by atomic mass is 35.5. The standard InChI is InChI=1S/C25H39ClN2O3Si/c1-11-20(15-30-32(9,10)25(5,6)7)28-21-14-18(4)27-24(23(21)29-8)31-22-16(2)12-19(26)13-17(22)3/h12-14,20H,11,15H2,1-10H3,(H,27,28). The van der Waals surface area contributed by atoms with Crippen molar-refractivity contribution >= 4 is 25.6 Å². The van der Waals surface area contributed by atoms with Crippen LogP contribution in [-0.4, -0.2) is 33.1 Å². The Morgan fingerprint density at radius 3 is 2.16 bits per heavy atom. The third-order valence-electron chi connectivity index (χ3n) is 6.20. The Balaban J connectivity index is 2.32. The molecule has 0 aliphatic rings. The van der Waals surface area contributed by atoms with Gasteiger partial charge in [-0.25, -0.2) is 4.98 Å². The summed E-state index contributed by atoms with van der Waals surface area (Å²) in [6.45, 7) is 20.0. The Morgan fingerprint density at radius 1 is 1.06 bits per heavy atom. The molecule has 1 aromatic carbocycles. The number of pyridine rings is 1. The molecule has 0 saturated carbocycles. The number of methoxy groups -OCH3 is 1. The van der Waals surface area contributed by atoms with Gasteiger partial charge in [0.15, 0.2) is 8.32 Å². The second-order valence-electron chi connectivity index (χ2n) is 9.94. The normalized spacial score (nSPS) is 13.1. The summed E-state index contributed by atoms with van der Waals surface area (Å²) >= 11 is 6.18. The fourth-order valence-electron chi connectivity index (χ4n) is 3.17. The van der Waals surface area contributed by atoms with Gasteiger partial charge < -0.3 is 19.2 Å². The van der Waals surface area contributed by atoms with Crippen molar-refractivity contribution in [2.75, 3.05) is 19.0 Å². The van der Waals surface area contributed by atoms with Crippen molar-refractivity contribution in [3.63, 3.8) is 0 Å². The minimum Gasteiger partial charge on any atom is -0.490 e. The summed E-state index contributed by atoms with van der Waals surface area (Å²) in [6.07, 6.45) is 0.921. The van der Waals surface area contributed by atoms with Crippen molar-refractivity contribution in [1.82, 2.24) is 4.98 Å². The number of hydrogen-bond donors (Lipinski definition) is 1. The predicted octanol–water partition coefficient (Wildman–Crippen LogP) is 7.67. The molecule has 0 aliphatic heterocycles. The second kappa shape index (κ2) is 10.4. The van der Waals surface area contributed by atoms with Crippen LogP contribution in [-0.2, 0) is 4.43 Å². The molecule has 1 atom stereocenters. The van der Waals surface area contributed by atoms with E-state index >= 15 is 0 Å². The van der Waals surface area contributed by atoms with Crippen molar-refractivity contribution < 1.29 is 13.9 Å². The molecule has 1 aromatic heterocycles. The van der Waals surface area contributed by atoms with Crippen LogP contribution in [0.1, 0.15) is 50.9 Å². The summed E-state index contributed by atoms with van der Waals surface area (Å²) in [6, 6.07) is 5.90. The topological polar surface area (TPSA) is 52.6 Å². The van der Waals surface area contributed by atoms with E-state index in [2.05, 4.69) is 51.1 Å². The van der Waals surface area contributed by atoms with Gasteiger partial charge in [-0.2, -0.15) is 0 Å². The molecule has 0 fully saturated rings. The number of nitrogens with zero attached hydrogens (tertiary/aromatic N) is 1. The second-order valence-corrected chi connectivity index (χ2v) is 15.2. The first-order valence-corrected chi connectivity index (χ1v) is 14.5. The summed E-state index contributed by atoms with van der Waals surface area (Å²) in [4.78, 5) is 4.61. The number of rotatable bonds is 9. The van der Waals surface area contributed by atoms with Crippen LogP contribution in [0.2, 0.25) is 23.2 Å². The highest BCUT2D eigenvalue weighted by Crippen LogP contribution is 2.40. The molecule has 1 unspecified atom stereocenters. The van der Waals surface area contributed by atoms with E-state index in [9.17, 15) is 0 Å². The number of benzene rings is 1. The molecule has 2 aromatic rings. The number of ether oxygens (including phenoxy) is 2. The van der Waals surface area contributed by atoms with E-state index in [0.29, 0.717) is 23.3 Å². The zero-order valence-corrected chi connectivity index (χ0v) is 23.0. The van der Waals surface area contributed by atoms with E-state index in [-0.39, 0.29) is 11.1 Å². The highest BCUT2D eigenvalue weighted by Gasteiger charge is 2.37. The molecule has 0 bridgehead atoms. The first-order chi connectivity index (χ1) is 14.8. The van der Waals surface area contributed by atoms with Crippen LogP contribution in [0.25, 0.3) is 0 Å². The van der Waals surface area contributed by atoms with E-state index < -0.39 is 8.32 Å². The zero-order valence-electron chi connectivity index (χ0n) is 21.3. The number of aryl methyl sites for hydroxylation is 3. The summed E-state index contributed by atoms with van der Waals surface area (Å²) in [7, 11) is -0.194. The van der Waals surface area contributed by atoms with Gasteiger partial charge in [0.1, 0.15) is 5.75 Å². The Bertz CT molecular complexity index is 919. The van der Waals surface area contributed by atoms with Crippen LogP contribution >= 0.6 is 11.6 Å². The van der Waals surface area contributed by atoms with Gasteiger partial charge in [-0.3, -0.25) is 0 Å². The fourth-order valence-corrected chi connectivity index (χ4v) is 4.55. The fraction of sp³-hybridized carbons (Fsp3) is 0.560. The molecular formula is C25H39ClN2O3Si. The molecule has 5 nitrogen and oxygen atoms in total. The average molecular weight is 479 g/mol. The molecule has 2 rings (SSSR count). The Hall–Kier alpha value is -1.76. The summed E-state index contributed by atoms with van der Waals surface area (Å²) in [5, 5.41) is 4.47. The molecule has 0 amide bonds. The van der Waals surface area contributed by atoms with Crippen LogP contribution in [0.3, 0.4) is 0 Å². The zero-order chi connectivity index (χ0) is 24.3. The van der Waals surface area contributed by atoms with Crippen LogP contribution in [0.5, 0.6) is 17.4 Å². The van der Waals surface area contributed by atoms with Crippen LogP contribution in [0, 0.1) is 20.8 Å². The minimum absolute atomic E-state index is 0.145. The quantitative estimate of drug-likeness (QED) is 0.374. The van der Waals surface area contributed by atoms with Crippen molar-refractivity contribution in [3.05, 3.63) is 40.0 Å². The van der Waals surface area contributed by atoms with Crippen LogP contribution in [0.15, 0.2) is 18.2 Å². The van der Waals surface area contributed by atoms with Gasteiger partial charge >= 0.3 is 0 Å². The molecule has 0 aliphatic carbocycles. The number of hydrogen-bond acceptors (Lipinski definition) is 5. The van der Waals surface area contributed by atoms with Gasteiger partial charge in [0.25, 0.3) is 5.88 Å². The van der Waals surface area contributed by atoms with Gasteiger partial charge in [0.2, 0.25) is 5.75 Å². The molecule has 0 saturated heterocycles. The number of halogens is 1. The first-order valence-electron chi connectivity index (χ1n) is 11.2. The number of anilines is 1. The van der Waals surface area contributed by atoms with Crippen molar-refractivity contribution in [1.29, 1.82) is 0 Å². The third kappa shape index (κ3) is 6.39. The maximum Gasteiger partial charge on any atom is 0.265 e. The van der Waals surface area contributed by atoms with Crippen molar-refractivity contribution in [3.8, 4) is 17.4 Å². The number of nitrogens with one attached hydrogen (secondary N) is 1. The Morgan fingerprint density at radius 2 is 1.66 bits per heavy atom. The summed E-state index contributed by atoms with van der Waals surface area (Å²) in [5.74, 6) is 1.75. The van der Waals surface area contributed by atoms with E-state index in [4.69, 9.17) is 25.5 Å². The summed E-state index contributed by atoms with van der Waals surface area (Å²) in [5.41, 5.74) is 3.59. The Kier molecular flexibility index (Phi) is 8.65. The maximum absolute atomic E-state index is 6.47. The molecular weight excluding hydrogens is 440 g/mol. The lowest BCUT2D eigenvalue weighted by Crippen LogP contribution is -2.43. The molecule has 0 spiro atoms. The van der Waals surface area contributed by atoms with Gasteiger partial charge in [-0.15, -0.1) is 0 Å². The summed E-state index contributed by atoms with van der Waals surface area (Å²) < 4.78 is 18.5. The van der Waals surface area contributed by atoms with Gasteiger partial charge in [0, 0.05) is 16.8 Å². The number of aromatic nitrogens is 1. The third-order valence-corrected chi connectivity index (χ3v) is 10.9. The van der Waals surface area contributed by atoms with E-state index in [1.165, 1.54) is 0 Å². The molecule has 178 valence electrons. The monoisotopic (exact) mass is 478 g/mol. The molecule has 1 N–H and O–H groups in total. The Labute approximate surface area is 200 Å². The van der Waals surface area contributed by atoms with Crippen molar-refractivity contribution in [2.24, 2.45) is 0 Å². The van der Waals surface area contributed by atoms with Crippen LogP contribution < -0.4 is 14.8 Å². The van der Waals surface area contributed by atoms with E-state index in [1.807, 2.05) is 39.0 Å². The molecule has 32 heavy (non-hydrogen) atoms. The largest absolute Gasteiger partial charge is 0.490 e. The SMILES string of the molecule is CCC(CO[Si](C)(C)C(C)(C)C)Nc1cc(C)nc(Oc2c(C)cc(Cl)cc2C)c1OC. The van der Waals surface area contributed by atoms with Gasteiger partial charge in [-0.05, 0) is 74.7 Å². The minimum atomic E-state index is -1.83. The maximum atomic E-state index is 6.47. The molecule has 7 heteroatoms. The van der Waals surface area contributed by atoms with Gasteiger partial charge in [-0.1, -0.05) is 39.3 Å². The van der Waals surface area contributed by atoms with Gasteiger partial charge in [0.05, 0.1) is 19.4 Å². The molecule has 1 heterocycles. The highest BCUT2D eigenvalue weighted by molar-refractivity contribution is 6.74. The van der Waals surface area contributed by atoms with Crippen LogP contribution in [0.4, 0.5) is 5.69 Å². The van der Waals surface area contributed by atoms with E-state index in [1.54, 1.807) is 7.11 Å².